The largest absolute Gasteiger partial charge is 0.480 e. The van der Waals surface area contributed by atoms with E-state index in [2.05, 4.69) is 0 Å². The summed E-state index contributed by atoms with van der Waals surface area (Å²) in [7, 11) is 0. The second-order valence-electron chi connectivity index (χ2n) is 4.46. The van der Waals surface area contributed by atoms with E-state index in [0.717, 1.165) is 6.92 Å². The first-order valence-corrected chi connectivity index (χ1v) is 5.83. The molecule has 0 atom stereocenters. The number of hydrogen-bond donors (Lipinski definition) is 6. The van der Waals surface area contributed by atoms with E-state index in [1.54, 1.807) is 0 Å². The Balaban J connectivity index is 5.68. The molecule has 0 heterocycles. The van der Waals surface area contributed by atoms with E-state index < -0.39 is 48.7 Å². The van der Waals surface area contributed by atoms with Crippen molar-refractivity contribution in [3.8, 4) is 0 Å². The van der Waals surface area contributed by atoms with Gasteiger partial charge in [-0.25, -0.2) is 9.39 Å². The van der Waals surface area contributed by atoms with Crippen LogP contribution in [0.1, 0.15) is 6.92 Å². The van der Waals surface area contributed by atoms with Gasteiger partial charge in [0, 0.05) is 6.92 Å². The zero-order valence-electron chi connectivity index (χ0n) is 11.1. The average Bonchev–Trinajstić information content (AvgIpc) is 2.23. The minimum Gasteiger partial charge on any atom is -0.480 e. The lowest BCUT2D eigenvalue weighted by molar-refractivity contribution is -1.04. The van der Waals surface area contributed by atoms with Crippen molar-refractivity contribution in [1.29, 1.82) is 0 Å². The first kappa shape index (κ1) is 18.7. The zero-order chi connectivity index (χ0) is 16.0. The van der Waals surface area contributed by atoms with Crippen molar-refractivity contribution in [2.75, 3.05) is 39.4 Å². The molecule has 10 nitrogen and oxygen atoms in total. The molecule has 0 rings (SSSR count). The number of rotatable bonds is 10. The van der Waals surface area contributed by atoms with E-state index in [4.69, 9.17) is 20.4 Å². The number of carboxylic acids is 2. The highest BCUT2D eigenvalue weighted by Gasteiger charge is 2.47. The van der Waals surface area contributed by atoms with Gasteiger partial charge in [0.2, 0.25) is 0 Å². The predicted molar refractivity (Wildman–Crippen MR) is 63.9 cm³/mol. The molecular formula is C10H21N2O8+. The summed E-state index contributed by atoms with van der Waals surface area (Å²) in [6, 6.07) is 0. The van der Waals surface area contributed by atoms with Crippen LogP contribution in [0, 0.1) is 0 Å². The van der Waals surface area contributed by atoms with Crippen LogP contribution in [0.15, 0.2) is 0 Å². The maximum absolute atomic E-state index is 11.0. The number of carboxylic acid groups (broad SMARTS) is 2. The Morgan fingerprint density at radius 3 is 1.75 bits per heavy atom. The van der Waals surface area contributed by atoms with Gasteiger partial charge >= 0.3 is 11.9 Å². The molecule has 6 N–H and O–H groups in total. The van der Waals surface area contributed by atoms with Crippen LogP contribution >= 0.6 is 0 Å². The third-order valence-corrected chi connectivity index (χ3v) is 2.75. The Bertz CT molecular complexity index is 335. The molecule has 0 aliphatic carbocycles. The van der Waals surface area contributed by atoms with Crippen LogP contribution < -0.4 is 0 Å². The Hall–Kier alpha value is -1.30. The third-order valence-electron chi connectivity index (χ3n) is 2.75. The van der Waals surface area contributed by atoms with E-state index in [1.807, 2.05) is 0 Å². The van der Waals surface area contributed by atoms with Crippen LogP contribution in [-0.4, -0.2) is 97.5 Å². The quantitative estimate of drug-likeness (QED) is 0.139. The lowest BCUT2D eigenvalue weighted by Crippen LogP contribution is -2.71. The number of aliphatic hydroxyl groups is 4. The van der Waals surface area contributed by atoms with E-state index in [1.165, 1.54) is 0 Å². The van der Waals surface area contributed by atoms with Gasteiger partial charge < -0.3 is 30.6 Å². The smallest absolute Gasteiger partial charge is 0.361 e. The summed E-state index contributed by atoms with van der Waals surface area (Å²) >= 11 is 0. The van der Waals surface area contributed by atoms with E-state index in [-0.39, 0.29) is 13.1 Å². The number of hydrogen-bond acceptors (Lipinski definition) is 7. The molecule has 0 radical (unpaired) electrons. The predicted octanol–water partition coefficient (Wildman–Crippen LogP) is -3.17. The summed E-state index contributed by atoms with van der Waals surface area (Å²) < 4.78 is -0.807. The molecule has 20 heavy (non-hydrogen) atoms. The van der Waals surface area contributed by atoms with Gasteiger partial charge in [0.05, 0.1) is 13.2 Å². The molecule has 0 aromatic heterocycles. The molecule has 0 unspecified atom stereocenters. The van der Waals surface area contributed by atoms with Crippen LogP contribution in [0.25, 0.3) is 0 Å². The van der Waals surface area contributed by atoms with Crippen LogP contribution in [-0.2, 0) is 9.59 Å². The molecule has 0 saturated heterocycles. The number of carbonyl (C=O) groups is 2. The van der Waals surface area contributed by atoms with Crippen molar-refractivity contribution in [2.45, 2.75) is 12.8 Å². The summed E-state index contributed by atoms with van der Waals surface area (Å²) in [5.41, 5.74) is 0. The molecule has 0 spiro atoms. The monoisotopic (exact) mass is 297 g/mol. The first-order chi connectivity index (χ1) is 9.09. The standard InChI is InChI=1S/C10H20N2O8/c1-10(19,20)11(6-8(15)16)12(2-4-13,3-5-14)7-9(17)18/h13-14,19-20H,2-7H2,1H3,(H-,15,16,17,18)/p+1. The van der Waals surface area contributed by atoms with Crippen LogP contribution in [0.5, 0.6) is 0 Å². The Morgan fingerprint density at radius 2 is 1.50 bits per heavy atom. The molecule has 0 aliphatic heterocycles. The summed E-state index contributed by atoms with van der Waals surface area (Å²) in [6.07, 6.45) is 0. The Morgan fingerprint density at radius 1 is 1.05 bits per heavy atom. The van der Waals surface area contributed by atoms with Gasteiger partial charge in [-0.15, -0.1) is 0 Å². The van der Waals surface area contributed by atoms with Gasteiger partial charge in [0.1, 0.15) is 13.1 Å². The number of quaternary nitrogens is 1. The second kappa shape index (κ2) is 7.47. The maximum Gasteiger partial charge on any atom is 0.361 e. The van der Waals surface area contributed by atoms with Crippen LogP contribution in [0.2, 0.25) is 0 Å². The highest BCUT2D eigenvalue weighted by atomic mass is 16.5. The van der Waals surface area contributed by atoms with E-state index >= 15 is 0 Å². The van der Waals surface area contributed by atoms with Gasteiger partial charge in [-0.2, -0.15) is 0 Å². The van der Waals surface area contributed by atoms with Crippen molar-refractivity contribution in [1.82, 2.24) is 5.01 Å². The summed E-state index contributed by atoms with van der Waals surface area (Å²) in [5, 5.41) is 55.8. The molecule has 0 fully saturated rings. The first-order valence-electron chi connectivity index (χ1n) is 5.83. The van der Waals surface area contributed by atoms with Crippen LogP contribution in [0.4, 0.5) is 0 Å². The molecule has 0 aromatic carbocycles. The van der Waals surface area contributed by atoms with Gasteiger partial charge in [0.15, 0.2) is 13.1 Å². The lowest BCUT2D eigenvalue weighted by Gasteiger charge is -2.47. The molecule has 0 amide bonds. The van der Waals surface area contributed by atoms with Gasteiger partial charge in [0.25, 0.3) is 5.91 Å². The van der Waals surface area contributed by atoms with Crippen molar-refractivity contribution in [3.63, 3.8) is 0 Å². The molecular weight excluding hydrogens is 276 g/mol. The average molecular weight is 297 g/mol. The molecule has 0 aromatic rings. The molecule has 118 valence electrons. The summed E-state index contributed by atoms with van der Waals surface area (Å²) in [6.45, 7) is -2.37. The number of aliphatic carboxylic acids is 2. The van der Waals surface area contributed by atoms with Crippen molar-refractivity contribution < 1.29 is 44.8 Å². The molecule has 0 bridgehead atoms. The normalized spacial score (nSPS) is 12.7. The number of aliphatic hydroxyl groups excluding tert-OH is 2. The highest BCUT2D eigenvalue weighted by Crippen LogP contribution is 2.20. The fourth-order valence-corrected chi connectivity index (χ4v) is 2.05. The second-order valence-corrected chi connectivity index (χ2v) is 4.46. The summed E-state index contributed by atoms with van der Waals surface area (Å²) in [4.78, 5) is 21.8. The van der Waals surface area contributed by atoms with Crippen molar-refractivity contribution in [3.05, 3.63) is 0 Å². The Kier molecular flexibility index (Phi) is 6.99. The van der Waals surface area contributed by atoms with E-state index in [0.29, 0.717) is 5.01 Å². The zero-order valence-corrected chi connectivity index (χ0v) is 11.1. The lowest BCUT2D eigenvalue weighted by atomic mass is 10.3. The minimum absolute atomic E-state index is 0.295. The molecule has 10 heteroatoms. The van der Waals surface area contributed by atoms with Gasteiger partial charge in [-0.1, -0.05) is 5.01 Å². The van der Waals surface area contributed by atoms with Crippen LogP contribution in [0.3, 0.4) is 0 Å². The fraction of sp³-hybridized carbons (Fsp3) is 0.800. The number of nitrogens with zero attached hydrogens (tertiary/aromatic N) is 2. The molecule has 0 saturated carbocycles. The van der Waals surface area contributed by atoms with Crippen molar-refractivity contribution in [2.24, 2.45) is 0 Å². The highest BCUT2D eigenvalue weighted by molar-refractivity contribution is 5.69. The SMILES string of the molecule is CC(O)(O)N(CC(=O)O)[N+](CCO)(CCO)CC(=O)O. The fourth-order valence-electron chi connectivity index (χ4n) is 2.05. The van der Waals surface area contributed by atoms with Crippen molar-refractivity contribution >= 4 is 11.9 Å². The van der Waals surface area contributed by atoms with Gasteiger partial charge in [-0.05, 0) is 0 Å². The summed E-state index contributed by atoms with van der Waals surface area (Å²) in [5.74, 6) is -5.40. The third kappa shape index (κ3) is 5.36. The molecule has 0 aliphatic rings. The van der Waals surface area contributed by atoms with E-state index in [9.17, 15) is 19.8 Å². The Labute approximate surface area is 115 Å². The maximum atomic E-state index is 11.0. The topological polar surface area (TPSA) is 159 Å². The van der Waals surface area contributed by atoms with Gasteiger partial charge in [-0.3, -0.25) is 4.79 Å². The minimum atomic E-state index is -2.64.